The number of nitrogens with two attached hydrogens (primary N) is 1. The number of anilines is 3. The number of hydrogen-bond donors (Lipinski definition) is 4. The molecule has 30 heavy (non-hydrogen) atoms. The Morgan fingerprint density at radius 2 is 1.47 bits per heavy atom. The van der Waals surface area contributed by atoms with Crippen LogP contribution in [0.2, 0.25) is 0 Å². The summed E-state index contributed by atoms with van der Waals surface area (Å²) in [5.41, 5.74) is 5.38. The smallest absolute Gasteiger partial charge is 0.229 e. The molecule has 0 radical (unpaired) electrons. The molecule has 0 unspecified atom stereocenters. The van der Waals surface area contributed by atoms with Crippen molar-refractivity contribution in [2.45, 2.75) is 58.9 Å². The first-order valence-electron chi connectivity index (χ1n) is 11.4. The van der Waals surface area contributed by atoms with E-state index in [1.165, 1.54) is 12.8 Å². The Balaban J connectivity index is 1.85. The molecular weight excluding hydrogens is 382 g/mol. The minimum atomic E-state index is 0.428. The van der Waals surface area contributed by atoms with Crippen LogP contribution >= 0.6 is 0 Å². The largest absolute Gasteiger partial charge is 0.378 e. The first kappa shape index (κ1) is 24.6. The van der Waals surface area contributed by atoms with Gasteiger partial charge in [0.2, 0.25) is 17.8 Å². The van der Waals surface area contributed by atoms with Crippen LogP contribution in [0.5, 0.6) is 0 Å². The molecule has 0 aliphatic heterocycles. The van der Waals surface area contributed by atoms with Gasteiger partial charge in [0.1, 0.15) is 0 Å². The highest BCUT2D eigenvalue weighted by Gasteiger charge is 2.19. The fourth-order valence-electron chi connectivity index (χ4n) is 3.30. The van der Waals surface area contributed by atoms with Crippen molar-refractivity contribution in [2.75, 3.05) is 62.0 Å². The molecule has 0 amide bonds. The van der Waals surface area contributed by atoms with Crippen molar-refractivity contribution in [3.63, 3.8) is 0 Å². The van der Waals surface area contributed by atoms with E-state index < -0.39 is 0 Å². The minimum Gasteiger partial charge on any atom is -0.378 e. The predicted molar refractivity (Wildman–Crippen MR) is 122 cm³/mol. The Bertz CT molecular complexity index is 580. The second kappa shape index (κ2) is 14.3. The molecule has 5 N–H and O–H groups in total. The maximum Gasteiger partial charge on any atom is 0.229 e. The van der Waals surface area contributed by atoms with Crippen molar-refractivity contribution >= 4 is 17.8 Å². The van der Waals surface area contributed by atoms with Crippen molar-refractivity contribution in [1.29, 1.82) is 0 Å². The third kappa shape index (κ3) is 10.4. The molecule has 1 aromatic rings. The summed E-state index contributed by atoms with van der Waals surface area (Å²) >= 11 is 0. The van der Waals surface area contributed by atoms with Gasteiger partial charge in [0.05, 0.1) is 26.4 Å². The topological polar surface area (TPSA) is 119 Å². The normalized spacial score (nSPS) is 19.1. The molecular formula is C21H41N7O2. The van der Waals surface area contributed by atoms with E-state index in [2.05, 4.69) is 51.7 Å². The molecule has 1 aromatic heterocycles. The average Bonchev–Trinajstić information content (AvgIpc) is 2.71. The zero-order valence-electron chi connectivity index (χ0n) is 19.0. The highest BCUT2D eigenvalue weighted by Crippen LogP contribution is 2.25. The summed E-state index contributed by atoms with van der Waals surface area (Å²) in [6, 6.07) is 0.428. The average molecular weight is 424 g/mol. The van der Waals surface area contributed by atoms with Gasteiger partial charge in [-0.05, 0) is 43.9 Å². The summed E-state index contributed by atoms with van der Waals surface area (Å²) in [4.78, 5) is 13.7. The highest BCUT2D eigenvalue weighted by molar-refractivity contribution is 5.42. The fraction of sp³-hybridized carbons (Fsp3) is 0.857. The Morgan fingerprint density at radius 1 is 0.867 bits per heavy atom. The fourth-order valence-corrected chi connectivity index (χ4v) is 3.30. The first-order valence-corrected chi connectivity index (χ1v) is 11.4. The Morgan fingerprint density at radius 3 is 2.10 bits per heavy atom. The van der Waals surface area contributed by atoms with Crippen LogP contribution in [0.1, 0.15) is 52.9 Å². The Hall–Kier alpha value is -1.71. The molecule has 9 nitrogen and oxygen atoms in total. The molecule has 1 heterocycles. The zero-order chi connectivity index (χ0) is 21.6. The summed E-state index contributed by atoms with van der Waals surface area (Å²) in [5, 5.41) is 10.1. The van der Waals surface area contributed by atoms with Gasteiger partial charge in [-0.3, -0.25) is 0 Å². The van der Waals surface area contributed by atoms with Crippen LogP contribution in [0.3, 0.4) is 0 Å². The first-order chi connectivity index (χ1) is 14.6. The van der Waals surface area contributed by atoms with Crippen LogP contribution in [0.25, 0.3) is 0 Å². The molecule has 9 heteroatoms. The summed E-state index contributed by atoms with van der Waals surface area (Å²) < 4.78 is 10.8. The molecule has 0 saturated heterocycles. The van der Waals surface area contributed by atoms with Crippen molar-refractivity contribution in [3.8, 4) is 0 Å². The molecule has 1 aliphatic carbocycles. The lowest BCUT2D eigenvalue weighted by molar-refractivity contribution is 0.0547. The van der Waals surface area contributed by atoms with Crippen LogP contribution in [-0.4, -0.2) is 67.1 Å². The SMILES string of the molecule is CC(C)CCNc1nc(NCCOCCOCCN)nc(NC2CCC(C)CC2)n1. The molecule has 1 aliphatic rings. The lowest BCUT2D eigenvalue weighted by Gasteiger charge is -2.27. The summed E-state index contributed by atoms with van der Waals surface area (Å²) in [6.45, 7) is 11.0. The van der Waals surface area contributed by atoms with Gasteiger partial charge < -0.3 is 31.2 Å². The van der Waals surface area contributed by atoms with E-state index in [-0.39, 0.29) is 0 Å². The third-order valence-corrected chi connectivity index (χ3v) is 5.15. The molecule has 0 aromatic carbocycles. The number of ether oxygens (including phenoxy) is 2. The molecule has 2 rings (SSSR count). The Labute approximate surface area is 181 Å². The van der Waals surface area contributed by atoms with Crippen LogP contribution in [-0.2, 0) is 9.47 Å². The van der Waals surface area contributed by atoms with Crippen molar-refractivity contribution in [2.24, 2.45) is 17.6 Å². The van der Waals surface area contributed by atoms with Gasteiger partial charge in [-0.2, -0.15) is 15.0 Å². The maximum absolute atomic E-state index is 5.55. The van der Waals surface area contributed by atoms with E-state index in [0.717, 1.165) is 31.7 Å². The summed E-state index contributed by atoms with van der Waals surface area (Å²) in [7, 11) is 0. The van der Waals surface area contributed by atoms with Gasteiger partial charge in [0, 0.05) is 25.7 Å². The van der Waals surface area contributed by atoms with Crippen molar-refractivity contribution < 1.29 is 9.47 Å². The molecule has 1 saturated carbocycles. The lowest BCUT2D eigenvalue weighted by atomic mass is 9.87. The zero-order valence-corrected chi connectivity index (χ0v) is 19.0. The molecule has 0 spiro atoms. The summed E-state index contributed by atoms with van der Waals surface area (Å²) in [5.74, 6) is 3.25. The van der Waals surface area contributed by atoms with E-state index >= 15 is 0 Å². The van der Waals surface area contributed by atoms with Gasteiger partial charge in [0.15, 0.2) is 0 Å². The molecule has 0 bridgehead atoms. The number of aromatic nitrogens is 3. The van der Waals surface area contributed by atoms with E-state index in [1.807, 2.05) is 0 Å². The van der Waals surface area contributed by atoms with Crippen molar-refractivity contribution in [3.05, 3.63) is 0 Å². The quantitative estimate of drug-likeness (QED) is 0.316. The lowest BCUT2D eigenvalue weighted by Crippen LogP contribution is -2.27. The second-order valence-corrected chi connectivity index (χ2v) is 8.46. The van der Waals surface area contributed by atoms with Crippen LogP contribution in [0.4, 0.5) is 17.8 Å². The number of nitrogens with zero attached hydrogens (tertiary/aromatic N) is 3. The highest BCUT2D eigenvalue weighted by atomic mass is 16.5. The van der Waals surface area contributed by atoms with Crippen LogP contribution < -0.4 is 21.7 Å². The number of rotatable bonds is 15. The van der Waals surface area contributed by atoms with E-state index in [0.29, 0.717) is 69.3 Å². The van der Waals surface area contributed by atoms with E-state index in [1.54, 1.807) is 0 Å². The van der Waals surface area contributed by atoms with E-state index in [9.17, 15) is 0 Å². The minimum absolute atomic E-state index is 0.428. The standard InChI is InChI=1S/C21H41N7O2/c1-16(2)8-10-23-19-26-20(24-11-13-30-15-14-29-12-9-22)28-21(27-19)25-18-6-4-17(3)5-7-18/h16-18H,4-15,22H2,1-3H3,(H3,23,24,25,26,27,28). The third-order valence-electron chi connectivity index (χ3n) is 5.15. The summed E-state index contributed by atoms with van der Waals surface area (Å²) in [6.07, 6.45) is 5.88. The van der Waals surface area contributed by atoms with Gasteiger partial charge >= 0.3 is 0 Å². The predicted octanol–water partition coefficient (Wildman–Crippen LogP) is 2.72. The van der Waals surface area contributed by atoms with Gasteiger partial charge in [-0.1, -0.05) is 20.8 Å². The molecule has 1 fully saturated rings. The molecule has 0 atom stereocenters. The number of hydrogen-bond acceptors (Lipinski definition) is 9. The van der Waals surface area contributed by atoms with Crippen molar-refractivity contribution in [1.82, 2.24) is 15.0 Å². The van der Waals surface area contributed by atoms with Crippen LogP contribution in [0, 0.1) is 11.8 Å². The van der Waals surface area contributed by atoms with Gasteiger partial charge in [-0.25, -0.2) is 0 Å². The van der Waals surface area contributed by atoms with Crippen LogP contribution in [0.15, 0.2) is 0 Å². The molecule has 172 valence electrons. The maximum atomic E-state index is 5.55. The number of nitrogens with one attached hydrogen (secondary N) is 3. The second-order valence-electron chi connectivity index (χ2n) is 8.46. The van der Waals surface area contributed by atoms with Gasteiger partial charge in [0.25, 0.3) is 0 Å². The monoisotopic (exact) mass is 423 g/mol. The van der Waals surface area contributed by atoms with E-state index in [4.69, 9.17) is 15.2 Å². The van der Waals surface area contributed by atoms with Gasteiger partial charge in [-0.15, -0.1) is 0 Å². The Kier molecular flexibility index (Phi) is 11.7.